The molecule has 1 aromatic rings. The lowest BCUT2D eigenvalue weighted by Gasteiger charge is -2.37. The Morgan fingerprint density at radius 3 is 2.86 bits per heavy atom. The normalized spacial score (nSPS) is 17.4. The fourth-order valence-electron chi connectivity index (χ4n) is 1.68. The van der Waals surface area contributed by atoms with Crippen LogP contribution in [0.4, 0.5) is 0 Å². The Balaban J connectivity index is 1.93. The molecule has 0 atom stereocenters. The summed E-state index contributed by atoms with van der Waals surface area (Å²) in [5.41, 5.74) is 1.15. The fraction of sp³-hybridized carbons (Fsp3) is 0.700. The van der Waals surface area contributed by atoms with Gasteiger partial charge < -0.3 is 5.32 Å². The predicted octanol–water partition coefficient (Wildman–Crippen LogP) is 1.25. The molecule has 0 aliphatic carbocycles. The minimum atomic E-state index is 0.726. The highest BCUT2D eigenvalue weighted by Crippen LogP contribution is 2.14. The third-order valence-electron chi connectivity index (χ3n) is 2.69. The lowest BCUT2D eigenvalue weighted by atomic mass is 10.1. The summed E-state index contributed by atoms with van der Waals surface area (Å²) in [6.07, 6.45) is 0. The van der Waals surface area contributed by atoms with Crippen molar-refractivity contribution in [1.82, 2.24) is 15.2 Å². The maximum Gasteiger partial charge on any atom is 0.107 e. The third kappa shape index (κ3) is 2.13. The minimum Gasteiger partial charge on any atom is -0.314 e. The molecule has 0 saturated carbocycles. The van der Waals surface area contributed by atoms with Crippen molar-refractivity contribution in [3.8, 4) is 0 Å². The van der Waals surface area contributed by atoms with Crippen molar-refractivity contribution in [2.24, 2.45) is 0 Å². The van der Waals surface area contributed by atoms with Gasteiger partial charge in [0.1, 0.15) is 5.01 Å². The molecule has 0 spiro atoms. The average molecular weight is 211 g/mol. The van der Waals surface area contributed by atoms with E-state index in [2.05, 4.69) is 34.4 Å². The largest absolute Gasteiger partial charge is 0.314 e. The standard InChI is InChI=1S/C10H17N3S/c1-3-13(9-4-11-5-9)6-10-12-8(2)7-14-10/h7,9,11H,3-6H2,1-2H3. The molecule has 1 aromatic heterocycles. The molecule has 3 nitrogen and oxygen atoms in total. The highest BCUT2D eigenvalue weighted by Gasteiger charge is 2.23. The van der Waals surface area contributed by atoms with Gasteiger partial charge in [-0.15, -0.1) is 11.3 Å². The van der Waals surface area contributed by atoms with Crippen LogP contribution in [0.15, 0.2) is 5.38 Å². The number of nitrogens with zero attached hydrogens (tertiary/aromatic N) is 2. The first kappa shape index (κ1) is 10.1. The van der Waals surface area contributed by atoms with E-state index < -0.39 is 0 Å². The molecule has 0 aromatic carbocycles. The topological polar surface area (TPSA) is 28.2 Å². The van der Waals surface area contributed by atoms with Gasteiger partial charge in [-0.1, -0.05) is 6.92 Å². The highest BCUT2D eigenvalue weighted by molar-refractivity contribution is 7.09. The Morgan fingerprint density at radius 1 is 1.64 bits per heavy atom. The van der Waals surface area contributed by atoms with E-state index in [1.165, 1.54) is 5.01 Å². The number of nitrogens with one attached hydrogen (secondary N) is 1. The first-order valence-corrected chi connectivity index (χ1v) is 6.03. The molecule has 0 amide bonds. The van der Waals surface area contributed by atoms with Crippen LogP contribution in [0.25, 0.3) is 0 Å². The molecule has 1 N–H and O–H groups in total. The van der Waals surface area contributed by atoms with Gasteiger partial charge in [-0.25, -0.2) is 4.98 Å². The van der Waals surface area contributed by atoms with Crippen molar-refractivity contribution >= 4 is 11.3 Å². The summed E-state index contributed by atoms with van der Waals surface area (Å²) in [4.78, 5) is 6.99. The molecular weight excluding hydrogens is 194 g/mol. The zero-order chi connectivity index (χ0) is 9.97. The maximum absolute atomic E-state index is 4.50. The van der Waals surface area contributed by atoms with Crippen molar-refractivity contribution < 1.29 is 0 Å². The Kier molecular flexibility index (Phi) is 3.15. The summed E-state index contributed by atoms with van der Waals surface area (Å²) in [7, 11) is 0. The molecular formula is C10H17N3S. The van der Waals surface area contributed by atoms with Crippen LogP contribution in [0.3, 0.4) is 0 Å². The Hall–Kier alpha value is -0.450. The fourth-order valence-corrected chi connectivity index (χ4v) is 2.48. The van der Waals surface area contributed by atoms with Gasteiger partial charge in [0.05, 0.1) is 6.54 Å². The summed E-state index contributed by atoms with van der Waals surface area (Å²) >= 11 is 1.77. The van der Waals surface area contributed by atoms with Gasteiger partial charge in [-0.05, 0) is 13.5 Å². The van der Waals surface area contributed by atoms with Gasteiger partial charge in [0.25, 0.3) is 0 Å². The summed E-state index contributed by atoms with van der Waals surface area (Å²) in [5.74, 6) is 0. The highest BCUT2D eigenvalue weighted by atomic mass is 32.1. The lowest BCUT2D eigenvalue weighted by molar-refractivity contribution is 0.145. The molecule has 1 fully saturated rings. The predicted molar refractivity (Wildman–Crippen MR) is 59.6 cm³/mol. The summed E-state index contributed by atoms with van der Waals surface area (Å²) < 4.78 is 0. The Bertz CT molecular complexity index is 293. The molecule has 78 valence electrons. The zero-order valence-corrected chi connectivity index (χ0v) is 9.60. The molecule has 14 heavy (non-hydrogen) atoms. The number of aryl methyl sites for hydroxylation is 1. The maximum atomic E-state index is 4.50. The molecule has 2 heterocycles. The van der Waals surface area contributed by atoms with Crippen molar-refractivity contribution in [2.75, 3.05) is 19.6 Å². The lowest BCUT2D eigenvalue weighted by Crippen LogP contribution is -2.56. The van der Waals surface area contributed by atoms with E-state index in [9.17, 15) is 0 Å². The van der Waals surface area contributed by atoms with Gasteiger partial charge in [0, 0.05) is 30.2 Å². The van der Waals surface area contributed by atoms with E-state index in [0.717, 1.165) is 37.9 Å². The van der Waals surface area contributed by atoms with Gasteiger partial charge in [-0.2, -0.15) is 0 Å². The smallest absolute Gasteiger partial charge is 0.107 e. The average Bonchev–Trinajstić information content (AvgIpc) is 2.47. The molecule has 0 bridgehead atoms. The number of hydrogen-bond acceptors (Lipinski definition) is 4. The van der Waals surface area contributed by atoms with Crippen LogP contribution in [0.1, 0.15) is 17.6 Å². The summed E-state index contributed by atoms with van der Waals surface area (Å²) in [6.45, 7) is 8.68. The van der Waals surface area contributed by atoms with Crippen LogP contribution in [0.2, 0.25) is 0 Å². The number of thiazole rings is 1. The molecule has 1 aliphatic rings. The van der Waals surface area contributed by atoms with Crippen molar-refractivity contribution in [3.63, 3.8) is 0 Å². The third-order valence-corrected chi connectivity index (χ3v) is 3.64. The number of likely N-dealkylation sites (N-methyl/N-ethyl adjacent to an activating group) is 1. The zero-order valence-electron chi connectivity index (χ0n) is 8.79. The van der Waals surface area contributed by atoms with E-state index in [4.69, 9.17) is 0 Å². The van der Waals surface area contributed by atoms with Crippen LogP contribution in [0.5, 0.6) is 0 Å². The van der Waals surface area contributed by atoms with Gasteiger partial charge in [-0.3, -0.25) is 4.90 Å². The van der Waals surface area contributed by atoms with E-state index in [-0.39, 0.29) is 0 Å². The van der Waals surface area contributed by atoms with E-state index in [1.807, 2.05) is 0 Å². The Morgan fingerprint density at radius 2 is 2.43 bits per heavy atom. The van der Waals surface area contributed by atoms with E-state index in [0.29, 0.717) is 0 Å². The second-order valence-electron chi connectivity index (χ2n) is 3.76. The van der Waals surface area contributed by atoms with Crippen LogP contribution >= 0.6 is 11.3 Å². The van der Waals surface area contributed by atoms with Crippen LogP contribution < -0.4 is 5.32 Å². The van der Waals surface area contributed by atoms with Crippen LogP contribution in [-0.2, 0) is 6.54 Å². The van der Waals surface area contributed by atoms with Gasteiger partial charge in [0.15, 0.2) is 0 Å². The Labute approximate surface area is 89.1 Å². The van der Waals surface area contributed by atoms with Crippen LogP contribution in [0, 0.1) is 6.92 Å². The SMILES string of the molecule is CCN(Cc1nc(C)cs1)C1CNC1. The van der Waals surface area contributed by atoms with Gasteiger partial charge >= 0.3 is 0 Å². The van der Waals surface area contributed by atoms with Crippen LogP contribution in [-0.4, -0.2) is 35.6 Å². The number of aromatic nitrogens is 1. The second kappa shape index (κ2) is 4.38. The minimum absolute atomic E-state index is 0.726. The van der Waals surface area contributed by atoms with E-state index >= 15 is 0 Å². The first-order chi connectivity index (χ1) is 6.79. The number of rotatable bonds is 4. The van der Waals surface area contributed by atoms with Crippen molar-refractivity contribution in [3.05, 3.63) is 16.1 Å². The summed E-state index contributed by atoms with van der Waals surface area (Å²) in [5, 5.41) is 6.68. The quantitative estimate of drug-likeness (QED) is 0.812. The molecule has 0 radical (unpaired) electrons. The molecule has 1 saturated heterocycles. The van der Waals surface area contributed by atoms with Gasteiger partial charge in [0.2, 0.25) is 0 Å². The molecule has 0 unspecified atom stereocenters. The second-order valence-corrected chi connectivity index (χ2v) is 4.70. The number of hydrogen-bond donors (Lipinski definition) is 1. The molecule has 2 rings (SSSR count). The first-order valence-electron chi connectivity index (χ1n) is 5.15. The van der Waals surface area contributed by atoms with E-state index in [1.54, 1.807) is 11.3 Å². The summed E-state index contributed by atoms with van der Waals surface area (Å²) in [6, 6.07) is 0.726. The molecule has 4 heteroatoms. The van der Waals surface area contributed by atoms with Crippen molar-refractivity contribution in [1.29, 1.82) is 0 Å². The molecule has 1 aliphatic heterocycles. The van der Waals surface area contributed by atoms with Crippen molar-refractivity contribution in [2.45, 2.75) is 26.4 Å². The monoisotopic (exact) mass is 211 g/mol.